The van der Waals surface area contributed by atoms with Crippen molar-refractivity contribution in [2.24, 2.45) is 0 Å². The van der Waals surface area contributed by atoms with E-state index >= 15 is 0 Å². The molecular formula is C17H16N2O2S. The maximum absolute atomic E-state index is 12.3. The lowest BCUT2D eigenvalue weighted by atomic mass is 9.94. The SMILES string of the molecule is COc1csc2c(=O)[nH]c3cccc(C4=CCNCC4)c3c12. The van der Waals surface area contributed by atoms with Crippen LogP contribution >= 0.6 is 11.3 Å². The summed E-state index contributed by atoms with van der Waals surface area (Å²) in [5, 5.41) is 7.27. The molecule has 4 rings (SSSR count). The number of H-pyrrole nitrogens is 1. The number of methoxy groups -OCH3 is 1. The minimum atomic E-state index is -0.0489. The number of thiophene rings is 1. The number of rotatable bonds is 2. The van der Waals surface area contributed by atoms with Crippen LogP contribution < -0.4 is 15.6 Å². The molecule has 1 aliphatic rings. The zero-order valence-electron chi connectivity index (χ0n) is 12.2. The molecule has 0 radical (unpaired) electrons. The Balaban J connectivity index is 2.16. The van der Waals surface area contributed by atoms with Crippen LogP contribution in [0.3, 0.4) is 0 Å². The van der Waals surface area contributed by atoms with E-state index in [2.05, 4.69) is 22.4 Å². The predicted molar refractivity (Wildman–Crippen MR) is 92.0 cm³/mol. The summed E-state index contributed by atoms with van der Waals surface area (Å²) in [6.07, 6.45) is 3.22. The molecule has 1 aromatic carbocycles. The van der Waals surface area contributed by atoms with E-state index < -0.39 is 0 Å². The Morgan fingerprint density at radius 3 is 2.95 bits per heavy atom. The topological polar surface area (TPSA) is 54.1 Å². The van der Waals surface area contributed by atoms with Crippen LogP contribution in [0.1, 0.15) is 12.0 Å². The third-order valence-corrected chi connectivity index (χ3v) is 5.11. The minimum absolute atomic E-state index is 0.0489. The molecule has 3 heterocycles. The number of benzene rings is 1. The number of hydrogen-bond donors (Lipinski definition) is 2. The average Bonchev–Trinajstić information content (AvgIpc) is 3.00. The molecule has 0 fully saturated rings. The fraction of sp³-hybridized carbons (Fsp3) is 0.235. The van der Waals surface area contributed by atoms with E-state index in [1.807, 2.05) is 17.5 Å². The van der Waals surface area contributed by atoms with Gasteiger partial charge in [0.25, 0.3) is 5.56 Å². The largest absolute Gasteiger partial charge is 0.495 e. The van der Waals surface area contributed by atoms with Crippen molar-refractivity contribution in [3.63, 3.8) is 0 Å². The molecule has 0 saturated carbocycles. The first kappa shape index (κ1) is 13.5. The molecule has 0 saturated heterocycles. The van der Waals surface area contributed by atoms with E-state index in [9.17, 15) is 4.79 Å². The van der Waals surface area contributed by atoms with Gasteiger partial charge in [0, 0.05) is 22.8 Å². The van der Waals surface area contributed by atoms with Crippen molar-refractivity contribution < 1.29 is 4.74 Å². The number of fused-ring (bicyclic) bond motifs is 3. The number of ether oxygens (including phenoxy) is 1. The second-order valence-corrected chi connectivity index (χ2v) is 6.25. The number of pyridine rings is 1. The number of aromatic nitrogens is 1. The van der Waals surface area contributed by atoms with E-state index in [0.717, 1.165) is 46.2 Å². The van der Waals surface area contributed by atoms with Gasteiger partial charge in [-0.2, -0.15) is 0 Å². The molecule has 0 unspecified atom stereocenters. The van der Waals surface area contributed by atoms with Crippen molar-refractivity contribution in [2.45, 2.75) is 6.42 Å². The molecule has 0 spiro atoms. The van der Waals surface area contributed by atoms with Gasteiger partial charge < -0.3 is 15.0 Å². The summed E-state index contributed by atoms with van der Waals surface area (Å²) in [6.45, 7) is 1.87. The van der Waals surface area contributed by atoms with E-state index in [4.69, 9.17) is 4.74 Å². The number of hydrogen-bond acceptors (Lipinski definition) is 4. The van der Waals surface area contributed by atoms with E-state index in [1.54, 1.807) is 7.11 Å². The third-order valence-electron chi connectivity index (χ3n) is 4.16. The van der Waals surface area contributed by atoms with Gasteiger partial charge in [0.15, 0.2) is 0 Å². The summed E-state index contributed by atoms with van der Waals surface area (Å²) >= 11 is 1.43. The summed E-state index contributed by atoms with van der Waals surface area (Å²) < 4.78 is 6.23. The zero-order chi connectivity index (χ0) is 15.1. The predicted octanol–water partition coefficient (Wildman–Crippen LogP) is 3.13. The summed E-state index contributed by atoms with van der Waals surface area (Å²) in [5.74, 6) is 0.776. The highest BCUT2D eigenvalue weighted by Gasteiger charge is 2.17. The van der Waals surface area contributed by atoms with Crippen LogP contribution in [0.15, 0.2) is 34.4 Å². The summed E-state index contributed by atoms with van der Waals surface area (Å²) in [4.78, 5) is 15.3. The summed E-state index contributed by atoms with van der Waals surface area (Å²) in [7, 11) is 1.65. The quantitative estimate of drug-likeness (QED) is 0.764. The molecule has 2 N–H and O–H groups in total. The van der Waals surface area contributed by atoms with Gasteiger partial charge in [0.1, 0.15) is 10.4 Å². The Hall–Kier alpha value is -2.11. The Kier molecular flexibility index (Phi) is 3.24. The Bertz CT molecular complexity index is 952. The molecule has 4 nitrogen and oxygen atoms in total. The van der Waals surface area contributed by atoms with Crippen LogP contribution in [0, 0.1) is 0 Å². The maximum Gasteiger partial charge on any atom is 0.266 e. The molecule has 0 bridgehead atoms. The van der Waals surface area contributed by atoms with Crippen LogP contribution in [0.5, 0.6) is 5.75 Å². The summed E-state index contributed by atoms with van der Waals surface area (Å²) in [5.41, 5.74) is 3.33. The molecule has 22 heavy (non-hydrogen) atoms. The van der Waals surface area contributed by atoms with Gasteiger partial charge in [-0.25, -0.2) is 0 Å². The van der Waals surface area contributed by atoms with Crippen LogP contribution in [-0.2, 0) is 0 Å². The van der Waals surface area contributed by atoms with Crippen molar-refractivity contribution in [1.82, 2.24) is 10.3 Å². The van der Waals surface area contributed by atoms with Gasteiger partial charge in [-0.3, -0.25) is 4.79 Å². The highest BCUT2D eigenvalue weighted by Crippen LogP contribution is 2.38. The van der Waals surface area contributed by atoms with E-state index in [0.29, 0.717) is 0 Å². The monoisotopic (exact) mass is 312 g/mol. The van der Waals surface area contributed by atoms with Crippen molar-refractivity contribution in [2.75, 3.05) is 20.2 Å². The van der Waals surface area contributed by atoms with Gasteiger partial charge in [0.05, 0.1) is 12.5 Å². The molecule has 0 atom stereocenters. The van der Waals surface area contributed by atoms with Crippen LogP contribution in [0.4, 0.5) is 0 Å². The van der Waals surface area contributed by atoms with Gasteiger partial charge >= 0.3 is 0 Å². The van der Waals surface area contributed by atoms with Gasteiger partial charge in [-0.1, -0.05) is 18.2 Å². The normalized spacial score (nSPS) is 15.2. The second-order valence-electron chi connectivity index (χ2n) is 5.37. The van der Waals surface area contributed by atoms with Crippen LogP contribution in [0.25, 0.3) is 26.6 Å². The first-order chi connectivity index (χ1) is 10.8. The molecular weight excluding hydrogens is 296 g/mol. The van der Waals surface area contributed by atoms with Crippen LogP contribution in [0.2, 0.25) is 0 Å². The van der Waals surface area contributed by atoms with E-state index in [1.165, 1.54) is 22.5 Å². The van der Waals surface area contributed by atoms with Crippen molar-refractivity contribution >= 4 is 37.9 Å². The van der Waals surface area contributed by atoms with Crippen molar-refractivity contribution in [1.29, 1.82) is 0 Å². The fourth-order valence-electron chi connectivity index (χ4n) is 3.14. The molecule has 2 aromatic heterocycles. The number of nitrogens with one attached hydrogen (secondary N) is 2. The fourth-order valence-corrected chi connectivity index (χ4v) is 4.05. The van der Waals surface area contributed by atoms with Crippen LogP contribution in [-0.4, -0.2) is 25.2 Å². The standard InChI is InChI=1S/C17H16N2O2S/c1-21-13-9-22-16-15(13)14-11(10-5-7-18-8-6-10)3-2-4-12(14)19-17(16)20/h2-5,9,18H,6-8H2,1H3,(H,19,20). The molecule has 0 aliphatic carbocycles. The van der Waals surface area contributed by atoms with Gasteiger partial charge in [-0.15, -0.1) is 11.3 Å². The zero-order valence-corrected chi connectivity index (χ0v) is 13.0. The average molecular weight is 312 g/mol. The maximum atomic E-state index is 12.3. The summed E-state index contributed by atoms with van der Waals surface area (Å²) in [6, 6.07) is 6.09. The first-order valence-corrected chi connectivity index (χ1v) is 8.18. The highest BCUT2D eigenvalue weighted by atomic mass is 32.1. The van der Waals surface area contributed by atoms with Gasteiger partial charge in [-0.05, 0) is 30.2 Å². The Morgan fingerprint density at radius 1 is 1.27 bits per heavy atom. The minimum Gasteiger partial charge on any atom is -0.495 e. The molecule has 0 amide bonds. The molecule has 1 aliphatic heterocycles. The lowest BCUT2D eigenvalue weighted by molar-refractivity contribution is 0.421. The van der Waals surface area contributed by atoms with Gasteiger partial charge in [0.2, 0.25) is 0 Å². The second kappa shape index (κ2) is 5.26. The number of aromatic amines is 1. The smallest absolute Gasteiger partial charge is 0.266 e. The molecule has 5 heteroatoms. The lowest BCUT2D eigenvalue weighted by Crippen LogP contribution is -2.20. The molecule has 3 aromatic rings. The van der Waals surface area contributed by atoms with E-state index in [-0.39, 0.29) is 5.56 Å². The lowest BCUT2D eigenvalue weighted by Gasteiger charge is -2.16. The Labute approximate surface area is 131 Å². The molecule has 112 valence electrons. The first-order valence-electron chi connectivity index (χ1n) is 7.30. The van der Waals surface area contributed by atoms with Crippen molar-refractivity contribution in [3.8, 4) is 5.75 Å². The van der Waals surface area contributed by atoms with Crippen molar-refractivity contribution in [3.05, 3.63) is 45.6 Å². The Morgan fingerprint density at radius 2 is 2.18 bits per heavy atom. The highest BCUT2D eigenvalue weighted by molar-refractivity contribution is 7.17. The third kappa shape index (κ3) is 1.97.